The zero-order valence-corrected chi connectivity index (χ0v) is 12.4. The number of fused-ring (bicyclic) bond motifs is 1. The molecule has 0 fully saturated rings. The van der Waals surface area contributed by atoms with Gasteiger partial charge in [0.1, 0.15) is 0 Å². The maximum atomic E-state index is 3.67. The van der Waals surface area contributed by atoms with E-state index in [-0.39, 0.29) is 5.54 Å². The highest BCUT2D eigenvalue weighted by Crippen LogP contribution is 2.28. The molecule has 1 heterocycles. The maximum absolute atomic E-state index is 3.67. The summed E-state index contributed by atoms with van der Waals surface area (Å²) in [6.07, 6.45) is 0. The maximum Gasteiger partial charge on any atom is 0.0412 e. The van der Waals surface area contributed by atoms with E-state index >= 15 is 0 Å². The van der Waals surface area contributed by atoms with Crippen LogP contribution in [0.5, 0.6) is 0 Å². The fourth-order valence-corrected chi connectivity index (χ4v) is 2.72. The number of anilines is 1. The van der Waals surface area contributed by atoms with Crippen LogP contribution < -0.4 is 10.2 Å². The Morgan fingerprint density at radius 1 is 1.33 bits per heavy atom. The van der Waals surface area contributed by atoms with E-state index in [4.69, 9.17) is 0 Å². The fraction of sp³-hybridized carbons (Fsp3) is 0.625. The average Bonchev–Trinajstić information content (AvgIpc) is 2.35. The van der Waals surface area contributed by atoms with Crippen LogP contribution in [0, 0.1) is 12.8 Å². The number of benzene rings is 1. The van der Waals surface area contributed by atoms with Crippen LogP contribution in [0.2, 0.25) is 0 Å². The van der Waals surface area contributed by atoms with Gasteiger partial charge in [0.05, 0.1) is 0 Å². The molecule has 0 radical (unpaired) electrons. The molecule has 1 aliphatic rings. The molecule has 1 N–H and O–H groups in total. The third kappa shape index (κ3) is 3.05. The molecule has 2 heteroatoms. The molecule has 0 amide bonds. The Morgan fingerprint density at radius 2 is 2.06 bits per heavy atom. The Kier molecular flexibility index (Phi) is 3.67. The summed E-state index contributed by atoms with van der Waals surface area (Å²) >= 11 is 0. The molecule has 18 heavy (non-hydrogen) atoms. The lowest BCUT2D eigenvalue weighted by Gasteiger charge is -2.33. The SMILES string of the molecule is Cc1ccc2c(c1)CNC(C)(C)CN2CC(C)C. The topological polar surface area (TPSA) is 15.3 Å². The van der Waals surface area contributed by atoms with Gasteiger partial charge in [0.25, 0.3) is 0 Å². The molecule has 0 saturated heterocycles. The summed E-state index contributed by atoms with van der Waals surface area (Å²) in [6, 6.07) is 6.83. The summed E-state index contributed by atoms with van der Waals surface area (Å²) in [5.74, 6) is 0.688. The first-order valence-electron chi connectivity index (χ1n) is 6.97. The molecule has 0 saturated carbocycles. The lowest BCUT2D eigenvalue weighted by molar-refractivity contribution is 0.390. The number of nitrogens with one attached hydrogen (secondary N) is 1. The van der Waals surface area contributed by atoms with Crippen LogP contribution in [-0.2, 0) is 6.54 Å². The van der Waals surface area contributed by atoms with Crippen molar-refractivity contribution in [1.82, 2.24) is 5.32 Å². The van der Waals surface area contributed by atoms with E-state index in [9.17, 15) is 0 Å². The first-order valence-corrected chi connectivity index (χ1v) is 6.97. The molecule has 2 rings (SSSR count). The van der Waals surface area contributed by atoms with Gasteiger partial charge in [0.2, 0.25) is 0 Å². The molecule has 1 aliphatic heterocycles. The lowest BCUT2D eigenvalue weighted by atomic mass is 10.0. The molecule has 1 aromatic carbocycles. The number of hydrogen-bond donors (Lipinski definition) is 1. The molecule has 0 bridgehead atoms. The summed E-state index contributed by atoms with van der Waals surface area (Å²) in [6.45, 7) is 14.5. The highest BCUT2D eigenvalue weighted by molar-refractivity contribution is 5.56. The molecular formula is C16H26N2. The Morgan fingerprint density at radius 3 is 2.72 bits per heavy atom. The number of rotatable bonds is 2. The van der Waals surface area contributed by atoms with Crippen molar-refractivity contribution < 1.29 is 0 Å². The van der Waals surface area contributed by atoms with Gasteiger partial charge in [-0.25, -0.2) is 0 Å². The fourth-order valence-electron chi connectivity index (χ4n) is 2.72. The molecule has 1 aromatic rings. The second kappa shape index (κ2) is 4.93. The number of nitrogens with zero attached hydrogens (tertiary/aromatic N) is 1. The van der Waals surface area contributed by atoms with E-state index < -0.39 is 0 Å². The first-order chi connectivity index (χ1) is 8.37. The van der Waals surface area contributed by atoms with Gasteiger partial charge in [-0.05, 0) is 38.3 Å². The molecule has 0 unspecified atom stereocenters. The summed E-state index contributed by atoms with van der Waals surface area (Å²) in [5, 5.41) is 3.67. The summed E-state index contributed by atoms with van der Waals surface area (Å²) in [4.78, 5) is 2.54. The minimum Gasteiger partial charge on any atom is -0.369 e. The molecule has 0 aromatic heterocycles. The number of aryl methyl sites for hydroxylation is 1. The van der Waals surface area contributed by atoms with Crippen LogP contribution >= 0.6 is 0 Å². The zero-order valence-electron chi connectivity index (χ0n) is 12.4. The van der Waals surface area contributed by atoms with Gasteiger partial charge < -0.3 is 10.2 Å². The summed E-state index contributed by atoms with van der Waals surface area (Å²) < 4.78 is 0. The summed E-state index contributed by atoms with van der Waals surface area (Å²) in [7, 11) is 0. The van der Waals surface area contributed by atoms with Crippen LogP contribution in [-0.4, -0.2) is 18.6 Å². The normalized spacial score (nSPS) is 18.7. The Balaban J connectivity index is 2.36. The second-order valence-corrected chi connectivity index (χ2v) is 6.64. The van der Waals surface area contributed by atoms with Crippen molar-refractivity contribution in [2.24, 2.45) is 5.92 Å². The van der Waals surface area contributed by atoms with E-state index in [0.717, 1.165) is 19.6 Å². The van der Waals surface area contributed by atoms with Crippen LogP contribution in [0.15, 0.2) is 18.2 Å². The van der Waals surface area contributed by atoms with Crippen molar-refractivity contribution in [2.45, 2.75) is 46.7 Å². The Labute approximate surface area is 111 Å². The van der Waals surface area contributed by atoms with E-state index in [1.165, 1.54) is 16.8 Å². The van der Waals surface area contributed by atoms with Crippen LogP contribution in [0.3, 0.4) is 0 Å². The quantitative estimate of drug-likeness (QED) is 0.861. The smallest absolute Gasteiger partial charge is 0.0412 e. The van der Waals surface area contributed by atoms with Gasteiger partial charge in [0.15, 0.2) is 0 Å². The Bertz CT molecular complexity index is 421. The van der Waals surface area contributed by atoms with Gasteiger partial charge in [-0.2, -0.15) is 0 Å². The third-order valence-electron chi connectivity index (χ3n) is 3.50. The first kappa shape index (κ1) is 13.4. The monoisotopic (exact) mass is 246 g/mol. The van der Waals surface area contributed by atoms with Gasteiger partial charge in [-0.15, -0.1) is 0 Å². The summed E-state index contributed by atoms with van der Waals surface area (Å²) in [5.41, 5.74) is 4.36. The Hall–Kier alpha value is -1.02. The standard InChI is InChI=1S/C16H26N2/c1-12(2)10-18-11-16(4,5)17-9-14-8-13(3)6-7-15(14)18/h6-8,12,17H,9-11H2,1-5H3. The molecule has 2 nitrogen and oxygen atoms in total. The van der Waals surface area contributed by atoms with Crippen molar-refractivity contribution in [3.05, 3.63) is 29.3 Å². The van der Waals surface area contributed by atoms with Gasteiger partial charge in [-0.3, -0.25) is 0 Å². The lowest BCUT2D eigenvalue weighted by Crippen LogP contribution is -2.47. The van der Waals surface area contributed by atoms with E-state index in [1.807, 2.05) is 0 Å². The number of hydrogen-bond acceptors (Lipinski definition) is 2. The van der Waals surface area contributed by atoms with E-state index in [0.29, 0.717) is 5.92 Å². The van der Waals surface area contributed by atoms with Crippen molar-refractivity contribution in [1.29, 1.82) is 0 Å². The predicted molar refractivity (Wildman–Crippen MR) is 79.1 cm³/mol. The zero-order chi connectivity index (χ0) is 13.3. The average molecular weight is 246 g/mol. The van der Waals surface area contributed by atoms with Crippen molar-refractivity contribution in [2.75, 3.05) is 18.0 Å². The minimum atomic E-state index is 0.168. The molecule has 0 aliphatic carbocycles. The third-order valence-corrected chi connectivity index (χ3v) is 3.50. The molecular weight excluding hydrogens is 220 g/mol. The van der Waals surface area contributed by atoms with Crippen LogP contribution in [0.4, 0.5) is 5.69 Å². The van der Waals surface area contributed by atoms with Crippen LogP contribution in [0.25, 0.3) is 0 Å². The van der Waals surface area contributed by atoms with Crippen molar-refractivity contribution >= 4 is 5.69 Å². The minimum absolute atomic E-state index is 0.168. The van der Waals surface area contributed by atoms with Crippen LogP contribution in [0.1, 0.15) is 38.8 Å². The van der Waals surface area contributed by atoms with Crippen molar-refractivity contribution in [3.8, 4) is 0 Å². The second-order valence-electron chi connectivity index (χ2n) is 6.64. The van der Waals surface area contributed by atoms with Crippen molar-refractivity contribution in [3.63, 3.8) is 0 Å². The van der Waals surface area contributed by atoms with E-state index in [2.05, 4.69) is 63.0 Å². The largest absolute Gasteiger partial charge is 0.369 e. The highest BCUT2D eigenvalue weighted by atomic mass is 15.2. The van der Waals surface area contributed by atoms with Gasteiger partial charge in [-0.1, -0.05) is 31.5 Å². The van der Waals surface area contributed by atoms with E-state index in [1.54, 1.807) is 0 Å². The highest BCUT2D eigenvalue weighted by Gasteiger charge is 2.26. The molecule has 100 valence electrons. The predicted octanol–water partition coefficient (Wildman–Crippen LogP) is 3.34. The van der Waals surface area contributed by atoms with Gasteiger partial charge in [0, 0.05) is 30.9 Å². The molecule has 0 spiro atoms. The molecule has 0 atom stereocenters. The van der Waals surface area contributed by atoms with Gasteiger partial charge >= 0.3 is 0 Å².